The Labute approximate surface area is 107 Å². The molecular weight excluding hydrogens is 252 g/mol. The van der Waals surface area contributed by atoms with Gasteiger partial charge in [-0.15, -0.1) is 0 Å². The van der Waals surface area contributed by atoms with Crippen molar-refractivity contribution in [1.29, 1.82) is 0 Å². The minimum atomic E-state index is -0.963. The summed E-state index contributed by atoms with van der Waals surface area (Å²) in [5.41, 5.74) is -0.650. The Balaban J connectivity index is 2.35. The molecule has 3 nitrogen and oxygen atoms in total. The maximum Gasteiger partial charge on any atom is 0.235 e. The van der Waals surface area contributed by atoms with Crippen molar-refractivity contribution >= 4 is 17.0 Å². The van der Waals surface area contributed by atoms with Crippen molar-refractivity contribution in [3.63, 3.8) is 0 Å². The summed E-state index contributed by atoms with van der Waals surface area (Å²) in [5, 5.41) is 0.212. The van der Waals surface area contributed by atoms with Crippen molar-refractivity contribution in [3.8, 4) is 0 Å². The third-order valence-corrected chi connectivity index (χ3v) is 3.80. The topological polar surface area (TPSA) is 42.6 Å². The van der Waals surface area contributed by atoms with Gasteiger partial charge < -0.3 is 4.42 Å². The van der Waals surface area contributed by atoms with Crippen LogP contribution < -0.4 is 0 Å². The van der Waals surface area contributed by atoms with Crippen LogP contribution in [0.15, 0.2) is 27.8 Å². The van der Waals surface area contributed by atoms with Gasteiger partial charge in [0.15, 0.2) is 0 Å². The molecule has 1 aromatic heterocycles. The molecule has 0 saturated heterocycles. The van der Waals surface area contributed by atoms with Gasteiger partial charge in [0.05, 0.1) is 17.2 Å². The van der Waals surface area contributed by atoms with Gasteiger partial charge in [0.2, 0.25) is 6.08 Å². The molecule has 3 rings (SSSR count). The van der Waals surface area contributed by atoms with Crippen molar-refractivity contribution in [1.82, 2.24) is 0 Å². The molecule has 0 aliphatic heterocycles. The first-order chi connectivity index (χ1) is 9.18. The number of rotatable bonds is 2. The Kier molecular flexibility index (Phi) is 2.72. The molecule has 1 fully saturated rings. The maximum atomic E-state index is 14.2. The van der Waals surface area contributed by atoms with E-state index < -0.39 is 17.2 Å². The Hall–Kier alpha value is -2.00. The van der Waals surface area contributed by atoms with E-state index in [1.807, 2.05) is 0 Å². The van der Waals surface area contributed by atoms with Crippen LogP contribution in [0.3, 0.4) is 0 Å². The molecule has 1 aliphatic rings. The summed E-state index contributed by atoms with van der Waals surface area (Å²) >= 11 is 0. The lowest BCUT2D eigenvalue weighted by molar-refractivity contribution is 0.424. The van der Waals surface area contributed by atoms with E-state index in [9.17, 15) is 13.6 Å². The van der Waals surface area contributed by atoms with Crippen LogP contribution in [0.5, 0.6) is 0 Å². The second kappa shape index (κ2) is 4.28. The second-order valence-electron chi connectivity index (χ2n) is 4.82. The van der Waals surface area contributed by atoms with Crippen LogP contribution in [-0.2, 0) is 10.3 Å². The zero-order chi connectivity index (χ0) is 13.5. The van der Waals surface area contributed by atoms with E-state index in [0.29, 0.717) is 12.8 Å². The largest absolute Gasteiger partial charge is 0.464 e. The van der Waals surface area contributed by atoms with Crippen molar-refractivity contribution in [2.75, 3.05) is 0 Å². The molecule has 0 bridgehead atoms. The first kappa shape index (κ1) is 12.1. The number of furan rings is 1. The van der Waals surface area contributed by atoms with Gasteiger partial charge >= 0.3 is 0 Å². The lowest BCUT2D eigenvalue weighted by atomic mass is 9.87. The van der Waals surface area contributed by atoms with E-state index in [-0.39, 0.29) is 16.5 Å². The number of nitrogens with zero attached hydrogens (tertiary/aromatic N) is 1. The van der Waals surface area contributed by atoms with Crippen molar-refractivity contribution in [2.24, 2.45) is 4.99 Å². The molecule has 0 atom stereocenters. The summed E-state index contributed by atoms with van der Waals surface area (Å²) in [7, 11) is 0. The van der Waals surface area contributed by atoms with Gasteiger partial charge in [-0.05, 0) is 18.9 Å². The van der Waals surface area contributed by atoms with E-state index in [0.717, 1.165) is 18.9 Å². The Bertz CT molecular complexity index is 680. The normalized spacial score (nSPS) is 17.6. The molecule has 0 amide bonds. The van der Waals surface area contributed by atoms with Crippen LogP contribution >= 0.6 is 0 Å². The molecule has 0 unspecified atom stereocenters. The molecule has 5 heteroatoms. The average Bonchev–Trinajstić information content (AvgIpc) is 2.99. The van der Waals surface area contributed by atoms with Crippen molar-refractivity contribution in [2.45, 2.75) is 31.2 Å². The number of carbonyl (C=O) groups excluding carboxylic acids is 1. The molecule has 98 valence electrons. The fraction of sp³-hybridized carbons (Fsp3) is 0.357. The Morgan fingerprint density at radius 2 is 2.00 bits per heavy atom. The number of benzene rings is 1. The molecular formula is C14H11F2NO2. The Morgan fingerprint density at radius 1 is 1.26 bits per heavy atom. The summed E-state index contributed by atoms with van der Waals surface area (Å²) in [5.74, 6) is -1.39. The maximum absolute atomic E-state index is 14.2. The highest BCUT2D eigenvalue weighted by Crippen LogP contribution is 2.46. The molecule has 0 spiro atoms. The van der Waals surface area contributed by atoms with Gasteiger partial charge in [0, 0.05) is 6.07 Å². The number of aliphatic imine (C=N–C) groups is 1. The monoisotopic (exact) mass is 263 g/mol. The van der Waals surface area contributed by atoms with Crippen LogP contribution in [0.25, 0.3) is 11.0 Å². The third kappa shape index (κ3) is 1.70. The van der Waals surface area contributed by atoms with E-state index in [4.69, 9.17) is 4.42 Å². The molecule has 0 radical (unpaired) electrons. The van der Waals surface area contributed by atoms with Gasteiger partial charge in [-0.25, -0.2) is 13.6 Å². The van der Waals surface area contributed by atoms with Crippen LogP contribution in [0.1, 0.15) is 31.2 Å². The summed E-state index contributed by atoms with van der Waals surface area (Å²) in [6.07, 6.45) is 5.59. The molecule has 0 N–H and O–H groups in total. The zero-order valence-corrected chi connectivity index (χ0v) is 10.1. The van der Waals surface area contributed by atoms with Gasteiger partial charge in [0.25, 0.3) is 0 Å². The molecule has 1 saturated carbocycles. The second-order valence-corrected chi connectivity index (χ2v) is 4.82. The highest BCUT2D eigenvalue weighted by molar-refractivity contribution is 5.82. The molecule has 1 aliphatic carbocycles. The number of halogens is 2. The van der Waals surface area contributed by atoms with E-state index >= 15 is 0 Å². The molecule has 1 aromatic carbocycles. The molecule has 1 heterocycles. The quantitative estimate of drug-likeness (QED) is 0.610. The van der Waals surface area contributed by atoms with E-state index in [2.05, 4.69) is 4.99 Å². The van der Waals surface area contributed by atoms with Crippen LogP contribution in [0.2, 0.25) is 0 Å². The van der Waals surface area contributed by atoms with Crippen molar-refractivity contribution < 1.29 is 18.0 Å². The lowest BCUT2D eigenvalue weighted by Gasteiger charge is -2.23. The van der Waals surface area contributed by atoms with Crippen LogP contribution in [0.4, 0.5) is 8.78 Å². The fourth-order valence-electron chi connectivity index (χ4n) is 2.96. The van der Waals surface area contributed by atoms with Gasteiger partial charge in [-0.1, -0.05) is 12.8 Å². The van der Waals surface area contributed by atoms with Gasteiger partial charge in [-0.3, -0.25) is 0 Å². The molecule has 2 aromatic rings. The SMILES string of the molecule is O=C=NC1(c2c(F)cc(F)c3ccoc23)CCCC1. The van der Waals surface area contributed by atoms with E-state index in [1.165, 1.54) is 18.4 Å². The smallest absolute Gasteiger partial charge is 0.235 e. The fourth-order valence-corrected chi connectivity index (χ4v) is 2.96. The lowest BCUT2D eigenvalue weighted by Crippen LogP contribution is -2.21. The minimum Gasteiger partial charge on any atom is -0.464 e. The minimum absolute atomic E-state index is 0.137. The Morgan fingerprint density at radius 3 is 2.68 bits per heavy atom. The zero-order valence-electron chi connectivity index (χ0n) is 10.1. The summed E-state index contributed by atoms with van der Waals surface area (Å²) in [6.45, 7) is 0. The van der Waals surface area contributed by atoms with Gasteiger partial charge in [-0.2, -0.15) is 4.99 Å². The van der Waals surface area contributed by atoms with Crippen molar-refractivity contribution in [3.05, 3.63) is 35.6 Å². The summed E-state index contributed by atoms with van der Waals surface area (Å²) in [6, 6.07) is 2.27. The number of hydrogen-bond acceptors (Lipinski definition) is 3. The highest BCUT2D eigenvalue weighted by Gasteiger charge is 2.40. The first-order valence-corrected chi connectivity index (χ1v) is 6.13. The third-order valence-electron chi connectivity index (χ3n) is 3.80. The first-order valence-electron chi connectivity index (χ1n) is 6.13. The van der Waals surface area contributed by atoms with E-state index in [1.54, 1.807) is 0 Å². The average molecular weight is 263 g/mol. The predicted molar refractivity (Wildman–Crippen MR) is 64.4 cm³/mol. The standard InChI is InChI=1S/C14H11F2NO2/c15-10-7-11(16)12(13-9(10)3-6-19-13)14(17-8-18)4-1-2-5-14/h3,6-7H,1-2,4-5H2. The predicted octanol–water partition coefficient (Wildman–Crippen LogP) is 3.82. The number of hydrogen-bond donors (Lipinski definition) is 0. The number of isocyanates is 1. The van der Waals surface area contributed by atoms with Gasteiger partial charge in [0.1, 0.15) is 22.8 Å². The summed E-state index contributed by atoms with van der Waals surface area (Å²) in [4.78, 5) is 14.5. The highest BCUT2D eigenvalue weighted by atomic mass is 19.1. The number of fused-ring (bicyclic) bond motifs is 1. The summed E-state index contributed by atoms with van der Waals surface area (Å²) < 4.78 is 33.1. The molecule has 19 heavy (non-hydrogen) atoms. The van der Waals surface area contributed by atoms with Crippen LogP contribution in [0, 0.1) is 11.6 Å². The van der Waals surface area contributed by atoms with Crippen LogP contribution in [-0.4, -0.2) is 6.08 Å².